The van der Waals surface area contributed by atoms with Crippen LogP contribution in [-0.2, 0) is 21.4 Å². The Kier molecular flexibility index (Phi) is 3.98. The van der Waals surface area contributed by atoms with Gasteiger partial charge in [0.15, 0.2) is 0 Å². The fraction of sp³-hybridized carbons (Fsp3) is 0.478. The van der Waals surface area contributed by atoms with Crippen LogP contribution in [0, 0.1) is 11.3 Å². The number of methoxy groups -OCH3 is 1. The molecule has 0 saturated heterocycles. The Hall–Kier alpha value is -2.40. The molecule has 0 unspecified atom stereocenters. The maximum atomic E-state index is 6.07. The lowest BCUT2D eigenvalue weighted by atomic mass is 9.59. The van der Waals surface area contributed by atoms with Crippen molar-refractivity contribution >= 4 is 6.02 Å². The first-order valence-electron chi connectivity index (χ1n) is 10.1. The number of aromatic nitrogens is 1. The van der Waals surface area contributed by atoms with Gasteiger partial charge in [-0.05, 0) is 66.0 Å². The quantitative estimate of drug-likeness (QED) is 0.867. The Morgan fingerprint density at radius 1 is 1.25 bits per heavy atom. The van der Waals surface area contributed by atoms with E-state index in [0.717, 1.165) is 31.2 Å². The molecule has 4 atom stereocenters. The molecule has 1 aromatic heterocycles. The first-order chi connectivity index (χ1) is 13.6. The zero-order valence-electron chi connectivity index (χ0n) is 16.5. The van der Waals surface area contributed by atoms with Crippen LogP contribution in [-0.4, -0.2) is 30.8 Å². The highest BCUT2D eigenvalue weighted by Crippen LogP contribution is 2.62. The molecule has 0 bridgehead atoms. The number of amidine groups is 1. The smallest absolute Gasteiger partial charge is 0.283 e. The number of pyridine rings is 1. The number of ether oxygens (including phenoxy) is 2. The van der Waals surface area contributed by atoms with Crippen molar-refractivity contribution in [2.45, 2.75) is 44.2 Å². The van der Waals surface area contributed by atoms with Gasteiger partial charge in [0.1, 0.15) is 12.1 Å². The van der Waals surface area contributed by atoms with Crippen LogP contribution in [0.5, 0.6) is 0 Å². The van der Waals surface area contributed by atoms with Crippen LogP contribution in [0.1, 0.15) is 37.3 Å². The van der Waals surface area contributed by atoms with Gasteiger partial charge in [-0.1, -0.05) is 25.1 Å². The van der Waals surface area contributed by atoms with Gasteiger partial charge in [-0.25, -0.2) is 4.99 Å². The van der Waals surface area contributed by atoms with E-state index in [-0.39, 0.29) is 5.41 Å². The Morgan fingerprint density at radius 3 is 2.82 bits per heavy atom. The second-order valence-corrected chi connectivity index (χ2v) is 8.66. The summed E-state index contributed by atoms with van der Waals surface area (Å²) in [4.78, 5) is 9.25. The van der Waals surface area contributed by atoms with Crippen LogP contribution in [0.25, 0.3) is 11.1 Å². The largest absolute Gasteiger partial charge is 0.462 e. The molecule has 146 valence electrons. The summed E-state index contributed by atoms with van der Waals surface area (Å²) in [5, 5.41) is 0. The predicted octanol–water partition coefficient (Wildman–Crippen LogP) is 3.67. The second-order valence-electron chi connectivity index (χ2n) is 8.66. The third-order valence-electron chi connectivity index (χ3n) is 7.24. The number of rotatable bonds is 2. The van der Waals surface area contributed by atoms with Crippen molar-refractivity contribution in [1.29, 1.82) is 0 Å². The molecule has 1 fully saturated rings. The van der Waals surface area contributed by atoms with Gasteiger partial charge in [-0.2, -0.15) is 0 Å². The van der Waals surface area contributed by atoms with E-state index in [1.165, 1.54) is 16.7 Å². The average molecular weight is 377 g/mol. The number of nitrogens with two attached hydrogens (primary N) is 1. The van der Waals surface area contributed by atoms with Crippen molar-refractivity contribution in [3.8, 4) is 11.1 Å². The monoisotopic (exact) mass is 377 g/mol. The van der Waals surface area contributed by atoms with Gasteiger partial charge in [0, 0.05) is 24.9 Å². The van der Waals surface area contributed by atoms with E-state index in [9.17, 15) is 0 Å². The maximum absolute atomic E-state index is 6.07. The molecular weight excluding hydrogens is 350 g/mol. The molecule has 28 heavy (non-hydrogen) atoms. The molecule has 5 nitrogen and oxygen atoms in total. The molecule has 2 N–H and O–H groups in total. The van der Waals surface area contributed by atoms with E-state index in [2.05, 4.69) is 36.2 Å². The summed E-state index contributed by atoms with van der Waals surface area (Å²) in [6, 6.07) is 11.2. The minimum Gasteiger partial charge on any atom is -0.462 e. The minimum atomic E-state index is -0.391. The van der Waals surface area contributed by atoms with Gasteiger partial charge in [-0.3, -0.25) is 4.98 Å². The molecule has 2 spiro atoms. The van der Waals surface area contributed by atoms with Gasteiger partial charge in [0.2, 0.25) is 0 Å². The minimum absolute atomic E-state index is 0.0401. The lowest BCUT2D eigenvalue weighted by Gasteiger charge is -2.47. The normalized spacial score (nSPS) is 33.7. The summed E-state index contributed by atoms with van der Waals surface area (Å²) in [6.07, 6.45) is 8.26. The zero-order chi connectivity index (χ0) is 19.4. The molecule has 5 heteroatoms. The number of hydrogen-bond donors (Lipinski definition) is 1. The van der Waals surface area contributed by atoms with Crippen LogP contribution in [0.15, 0.2) is 47.7 Å². The lowest BCUT2D eigenvalue weighted by molar-refractivity contribution is -0.0445. The van der Waals surface area contributed by atoms with Gasteiger partial charge in [0.05, 0.1) is 6.10 Å². The van der Waals surface area contributed by atoms with Crippen molar-refractivity contribution in [3.63, 3.8) is 0 Å². The molecule has 0 radical (unpaired) electrons. The van der Waals surface area contributed by atoms with Crippen LogP contribution < -0.4 is 5.73 Å². The Balaban J connectivity index is 1.62. The van der Waals surface area contributed by atoms with E-state index in [1.807, 2.05) is 19.4 Å². The van der Waals surface area contributed by atoms with E-state index < -0.39 is 5.54 Å². The van der Waals surface area contributed by atoms with E-state index in [0.29, 0.717) is 24.7 Å². The summed E-state index contributed by atoms with van der Waals surface area (Å²) >= 11 is 0. The molecular formula is C23H27N3O2. The molecule has 0 amide bonds. The molecule has 1 aromatic carbocycles. The summed E-state index contributed by atoms with van der Waals surface area (Å²) in [5.41, 5.74) is 10.7. The number of fused-ring (bicyclic) bond motifs is 3. The van der Waals surface area contributed by atoms with E-state index >= 15 is 0 Å². The van der Waals surface area contributed by atoms with Gasteiger partial charge in [-0.15, -0.1) is 0 Å². The van der Waals surface area contributed by atoms with E-state index in [1.54, 1.807) is 6.20 Å². The Labute approximate surface area is 166 Å². The zero-order valence-corrected chi connectivity index (χ0v) is 16.5. The summed E-state index contributed by atoms with van der Waals surface area (Å²) in [7, 11) is 1.83. The molecule has 2 heterocycles. The van der Waals surface area contributed by atoms with Crippen molar-refractivity contribution < 1.29 is 9.47 Å². The topological polar surface area (TPSA) is 69.7 Å². The van der Waals surface area contributed by atoms with Gasteiger partial charge < -0.3 is 15.2 Å². The van der Waals surface area contributed by atoms with Crippen LogP contribution in [0.4, 0.5) is 0 Å². The Morgan fingerprint density at radius 2 is 2.14 bits per heavy atom. The maximum Gasteiger partial charge on any atom is 0.283 e. The number of benzene rings is 1. The van der Waals surface area contributed by atoms with Gasteiger partial charge >= 0.3 is 0 Å². The molecule has 2 aliphatic carbocycles. The first kappa shape index (κ1) is 17.7. The van der Waals surface area contributed by atoms with Crippen molar-refractivity contribution in [1.82, 2.24) is 4.98 Å². The number of aliphatic imine (C=N–C) groups is 1. The highest BCUT2D eigenvalue weighted by Gasteiger charge is 2.62. The van der Waals surface area contributed by atoms with Crippen molar-refractivity contribution in [2.24, 2.45) is 22.1 Å². The highest BCUT2D eigenvalue weighted by molar-refractivity contribution is 5.76. The molecule has 2 aromatic rings. The summed E-state index contributed by atoms with van der Waals surface area (Å²) in [5.74, 6) is 0.486. The van der Waals surface area contributed by atoms with Crippen molar-refractivity contribution in [3.05, 3.63) is 53.9 Å². The lowest BCUT2D eigenvalue weighted by Crippen LogP contribution is -2.48. The Bertz CT molecular complexity index is 929. The fourth-order valence-corrected chi connectivity index (χ4v) is 5.91. The number of nitrogens with zero attached hydrogens (tertiary/aromatic N) is 2. The van der Waals surface area contributed by atoms with Crippen LogP contribution in [0.2, 0.25) is 0 Å². The molecule has 3 aliphatic rings. The fourth-order valence-electron chi connectivity index (χ4n) is 5.91. The molecule has 1 saturated carbocycles. The van der Waals surface area contributed by atoms with E-state index in [4.69, 9.17) is 20.2 Å². The first-order valence-corrected chi connectivity index (χ1v) is 10.1. The SMILES string of the molecule is CO[C@@H]1CC[C@]2(Cc3ccc(-c4cccnc4)cc3[C@@]23COC(N)=N3)C[C@H]1C. The standard InChI is InChI=1S/C23H27N3O2/c1-15-11-22(8-7-20(15)27-2)12-17-6-5-16(18-4-3-9-25-13-18)10-19(17)23(22)14-28-21(24)26-23/h3-6,9-10,13,15,20H,7-8,11-12,14H2,1-2H3,(H2,24,26)/t15-,20-,22-,23+/m1/s1. The predicted molar refractivity (Wildman–Crippen MR) is 109 cm³/mol. The molecule has 1 aliphatic heterocycles. The third kappa shape index (κ3) is 2.42. The second kappa shape index (κ2) is 6.31. The number of hydrogen-bond acceptors (Lipinski definition) is 5. The van der Waals surface area contributed by atoms with Crippen molar-refractivity contribution in [2.75, 3.05) is 13.7 Å². The average Bonchev–Trinajstić information content (AvgIpc) is 3.22. The highest BCUT2D eigenvalue weighted by atomic mass is 16.5. The summed E-state index contributed by atoms with van der Waals surface area (Å²) < 4.78 is 11.5. The third-order valence-corrected chi connectivity index (χ3v) is 7.24. The van der Waals surface area contributed by atoms with Crippen LogP contribution >= 0.6 is 0 Å². The van der Waals surface area contributed by atoms with Crippen LogP contribution in [0.3, 0.4) is 0 Å². The molecule has 5 rings (SSSR count). The summed E-state index contributed by atoms with van der Waals surface area (Å²) in [6.45, 7) is 2.84. The van der Waals surface area contributed by atoms with Gasteiger partial charge in [0.25, 0.3) is 6.02 Å².